The van der Waals surface area contributed by atoms with Crippen LogP contribution in [0.2, 0.25) is 0 Å². The number of fused-ring (bicyclic) bond motifs is 1. The van der Waals surface area contributed by atoms with Crippen LogP contribution >= 0.6 is 0 Å². The number of carbonyl (C=O) groups excluding carboxylic acids is 1. The molecule has 1 heterocycles. The minimum atomic E-state index is -0.648. The molecule has 5 heteroatoms. The molecule has 0 unspecified atom stereocenters. The van der Waals surface area contributed by atoms with Crippen LogP contribution < -0.4 is 5.43 Å². The first kappa shape index (κ1) is 14.8. The number of benzene rings is 1. The van der Waals surface area contributed by atoms with E-state index in [-0.39, 0.29) is 18.8 Å². The standard InChI is InChI=1S/C16H15NO4/c1-3-21-16(20)13-9-17-14-10(2)7-11(5-4-6-18)8-12(14)15(13)19/h7-9,18H,3,6H2,1-2H3,(H,17,19). The molecule has 1 aromatic carbocycles. The van der Waals surface area contributed by atoms with E-state index in [1.807, 2.05) is 13.0 Å². The van der Waals surface area contributed by atoms with Gasteiger partial charge in [-0.15, -0.1) is 0 Å². The number of esters is 1. The number of hydrogen-bond donors (Lipinski definition) is 2. The Bertz CT molecular complexity index is 809. The number of pyridine rings is 1. The van der Waals surface area contributed by atoms with Gasteiger partial charge in [-0.25, -0.2) is 4.79 Å². The van der Waals surface area contributed by atoms with Gasteiger partial charge in [0.1, 0.15) is 12.2 Å². The van der Waals surface area contributed by atoms with Gasteiger partial charge in [-0.2, -0.15) is 0 Å². The monoisotopic (exact) mass is 285 g/mol. The number of hydrogen-bond acceptors (Lipinski definition) is 4. The number of H-pyrrole nitrogens is 1. The number of aliphatic hydroxyl groups is 1. The van der Waals surface area contributed by atoms with Crippen molar-refractivity contribution in [3.63, 3.8) is 0 Å². The van der Waals surface area contributed by atoms with Crippen LogP contribution in [-0.4, -0.2) is 29.3 Å². The van der Waals surface area contributed by atoms with Crippen LogP contribution in [0.15, 0.2) is 23.1 Å². The fourth-order valence-corrected chi connectivity index (χ4v) is 2.09. The van der Waals surface area contributed by atoms with E-state index in [2.05, 4.69) is 16.8 Å². The van der Waals surface area contributed by atoms with E-state index in [1.54, 1.807) is 13.0 Å². The van der Waals surface area contributed by atoms with Gasteiger partial charge in [0.25, 0.3) is 0 Å². The highest BCUT2D eigenvalue weighted by Crippen LogP contribution is 2.16. The Balaban J connectivity index is 2.67. The van der Waals surface area contributed by atoms with Crippen LogP contribution in [0.1, 0.15) is 28.4 Å². The molecule has 2 aromatic rings. The Morgan fingerprint density at radius 1 is 1.43 bits per heavy atom. The molecule has 2 N–H and O–H groups in total. The zero-order valence-electron chi connectivity index (χ0n) is 11.8. The van der Waals surface area contributed by atoms with E-state index in [0.717, 1.165) is 5.56 Å². The van der Waals surface area contributed by atoms with Crippen LogP contribution in [0.3, 0.4) is 0 Å². The number of rotatable bonds is 2. The van der Waals surface area contributed by atoms with Crippen molar-refractivity contribution in [1.29, 1.82) is 0 Å². The molecule has 0 aliphatic heterocycles. The molecule has 0 fully saturated rings. The minimum Gasteiger partial charge on any atom is -0.462 e. The molecule has 0 saturated heterocycles. The summed E-state index contributed by atoms with van der Waals surface area (Å²) >= 11 is 0. The van der Waals surface area contributed by atoms with E-state index >= 15 is 0 Å². The second-order valence-corrected chi connectivity index (χ2v) is 4.43. The Hall–Kier alpha value is -2.58. The smallest absolute Gasteiger partial charge is 0.343 e. The minimum absolute atomic E-state index is 0.0315. The van der Waals surface area contributed by atoms with Gasteiger partial charge < -0.3 is 14.8 Å². The van der Waals surface area contributed by atoms with Crippen molar-refractivity contribution < 1.29 is 14.6 Å². The normalized spacial score (nSPS) is 10.0. The summed E-state index contributed by atoms with van der Waals surface area (Å²) in [6.45, 7) is 3.47. The van der Waals surface area contributed by atoms with Crippen molar-refractivity contribution in [3.05, 3.63) is 45.2 Å². The Morgan fingerprint density at radius 2 is 2.19 bits per heavy atom. The van der Waals surface area contributed by atoms with Crippen LogP contribution in [0.4, 0.5) is 0 Å². The number of aromatic amines is 1. The first-order valence-electron chi connectivity index (χ1n) is 6.51. The largest absolute Gasteiger partial charge is 0.462 e. The molecule has 0 amide bonds. The molecule has 5 nitrogen and oxygen atoms in total. The van der Waals surface area contributed by atoms with Gasteiger partial charge >= 0.3 is 5.97 Å². The molecule has 2 rings (SSSR count). The molecule has 0 aliphatic carbocycles. The second kappa shape index (κ2) is 6.25. The highest BCUT2D eigenvalue weighted by molar-refractivity contribution is 5.94. The van der Waals surface area contributed by atoms with E-state index in [1.165, 1.54) is 6.20 Å². The molecule has 1 aromatic heterocycles. The number of aromatic nitrogens is 1. The summed E-state index contributed by atoms with van der Waals surface area (Å²) in [5.41, 5.74) is 1.68. The van der Waals surface area contributed by atoms with Crippen LogP contribution in [0.25, 0.3) is 10.9 Å². The topological polar surface area (TPSA) is 79.4 Å². The summed E-state index contributed by atoms with van der Waals surface area (Å²) in [5, 5.41) is 9.12. The van der Waals surface area contributed by atoms with Crippen molar-refractivity contribution in [2.75, 3.05) is 13.2 Å². The molecule has 0 radical (unpaired) electrons. The van der Waals surface area contributed by atoms with E-state index in [0.29, 0.717) is 16.5 Å². The van der Waals surface area contributed by atoms with Crippen LogP contribution in [0.5, 0.6) is 0 Å². The van der Waals surface area contributed by atoms with Crippen molar-refractivity contribution in [2.24, 2.45) is 0 Å². The quantitative estimate of drug-likeness (QED) is 0.645. The van der Waals surface area contributed by atoms with E-state index in [9.17, 15) is 9.59 Å². The third-order valence-electron chi connectivity index (χ3n) is 2.99. The summed E-state index contributed by atoms with van der Waals surface area (Å²) < 4.78 is 4.86. The van der Waals surface area contributed by atoms with Gasteiger partial charge in [-0.3, -0.25) is 4.79 Å². The third-order valence-corrected chi connectivity index (χ3v) is 2.99. The summed E-state index contributed by atoms with van der Waals surface area (Å²) in [6, 6.07) is 3.41. The lowest BCUT2D eigenvalue weighted by molar-refractivity contribution is 0.0524. The summed E-state index contributed by atoms with van der Waals surface area (Å²) in [6.07, 6.45) is 1.37. The van der Waals surface area contributed by atoms with Gasteiger partial charge in [-0.1, -0.05) is 11.8 Å². The maximum Gasteiger partial charge on any atom is 0.343 e. The van der Waals surface area contributed by atoms with Gasteiger partial charge in [0, 0.05) is 17.1 Å². The van der Waals surface area contributed by atoms with Gasteiger partial charge in [0.15, 0.2) is 0 Å². The molecular weight excluding hydrogens is 270 g/mol. The lowest BCUT2D eigenvalue weighted by Crippen LogP contribution is -2.18. The molecule has 108 valence electrons. The average Bonchev–Trinajstić information content (AvgIpc) is 2.46. The predicted molar refractivity (Wildman–Crippen MR) is 79.2 cm³/mol. The SMILES string of the molecule is CCOC(=O)c1c[nH]c2c(C)cc(C#CCO)cc2c1=O. The Labute approximate surface area is 121 Å². The van der Waals surface area contributed by atoms with Gasteiger partial charge in [0.2, 0.25) is 5.43 Å². The zero-order valence-corrected chi connectivity index (χ0v) is 11.8. The van der Waals surface area contributed by atoms with Crippen molar-refractivity contribution in [1.82, 2.24) is 4.98 Å². The van der Waals surface area contributed by atoms with Crippen molar-refractivity contribution in [2.45, 2.75) is 13.8 Å². The fraction of sp³-hybridized carbons (Fsp3) is 0.250. The van der Waals surface area contributed by atoms with Crippen LogP contribution in [-0.2, 0) is 4.74 Å². The number of aliphatic hydroxyl groups excluding tert-OH is 1. The highest BCUT2D eigenvalue weighted by atomic mass is 16.5. The molecule has 0 atom stereocenters. The van der Waals surface area contributed by atoms with Gasteiger partial charge in [-0.05, 0) is 31.5 Å². The second-order valence-electron chi connectivity index (χ2n) is 4.43. The average molecular weight is 285 g/mol. The predicted octanol–water partition coefficient (Wildman–Crippen LogP) is 1.36. The van der Waals surface area contributed by atoms with Crippen molar-refractivity contribution in [3.8, 4) is 11.8 Å². The molecule has 0 saturated carbocycles. The molecule has 0 spiro atoms. The maximum absolute atomic E-state index is 12.4. The van der Waals surface area contributed by atoms with E-state index < -0.39 is 11.4 Å². The first-order valence-corrected chi connectivity index (χ1v) is 6.51. The Kier molecular flexibility index (Phi) is 4.41. The molecule has 0 aliphatic rings. The lowest BCUT2D eigenvalue weighted by Gasteiger charge is -2.06. The van der Waals surface area contributed by atoms with E-state index in [4.69, 9.17) is 9.84 Å². The zero-order chi connectivity index (χ0) is 15.4. The summed E-state index contributed by atoms with van der Waals surface area (Å²) in [5.74, 6) is 4.65. The highest BCUT2D eigenvalue weighted by Gasteiger charge is 2.15. The molecule has 21 heavy (non-hydrogen) atoms. The lowest BCUT2D eigenvalue weighted by atomic mass is 10.0. The fourth-order valence-electron chi connectivity index (χ4n) is 2.09. The number of carbonyl (C=O) groups is 1. The molecule has 0 bridgehead atoms. The Morgan fingerprint density at radius 3 is 2.86 bits per heavy atom. The van der Waals surface area contributed by atoms with Crippen molar-refractivity contribution >= 4 is 16.9 Å². The number of aryl methyl sites for hydroxylation is 1. The summed E-state index contributed by atoms with van der Waals surface area (Å²) in [4.78, 5) is 27.1. The summed E-state index contributed by atoms with van der Waals surface area (Å²) in [7, 11) is 0. The first-order chi connectivity index (χ1) is 10.1. The van der Waals surface area contributed by atoms with Crippen LogP contribution in [0, 0.1) is 18.8 Å². The maximum atomic E-state index is 12.4. The van der Waals surface area contributed by atoms with Gasteiger partial charge in [0.05, 0.1) is 12.1 Å². The third kappa shape index (κ3) is 2.96. The number of nitrogens with one attached hydrogen (secondary N) is 1. The molecular formula is C16H15NO4. The number of ether oxygens (including phenoxy) is 1.